The lowest BCUT2D eigenvalue weighted by Crippen LogP contribution is -2.49. The van der Waals surface area contributed by atoms with Crippen LogP contribution in [-0.2, 0) is 20.8 Å². The summed E-state index contributed by atoms with van der Waals surface area (Å²) in [6.45, 7) is 0. The molecule has 0 radical (unpaired) electrons. The number of halogens is 1. The molecule has 4 N–H and O–H groups in total. The summed E-state index contributed by atoms with van der Waals surface area (Å²) in [6.07, 6.45) is 2.96. The lowest BCUT2D eigenvalue weighted by molar-refractivity contribution is -0.137. The van der Waals surface area contributed by atoms with Crippen LogP contribution in [0.1, 0.15) is 35.2 Å². The monoisotopic (exact) mass is 535 g/mol. The van der Waals surface area contributed by atoms with Gasteiger partial charge in [-0.25, -0.2) is 4.79 Å². The molecule has 9 nitrogen and oxygen atoms in total. The van der Waals surface area contributed by atoms with E-state index in [-0.39, 0.29) is 29.5 Å². The largest absolute Gasteiger partial charge is 0.488 e. The summed E-state index contributed by atoms with van der Waals surface area (Å²) in [5, 5.41) is 17.3. The normalized spacial score (nSPS) is 13.5. The molecule has 3 aromatic rings. The number of hydrogen-bond acceptors (Lipinski definition) is 5. The molecule has 1 aliphatic carbocycles. The molecule has 0 heterocycles. The molecule has 0 saturated heterocycles. The molecular formula is C28H26ClN3O6. The van der Waals surface area contributed by atoms with Crippen molar-refractivity contribution in [1.29, 1.82) is 0 Å². The first-order chi connectivity index (χ1) is 18.3. The number of ether oxygens (including phenoxy) is 1. The summed E-state index contributed by atoms with van der Waals surface area (Å²) in [6, 6.07) is 18.4. The fraction of sp³-hybridized carbons (Fsp3) is 0.214. The number of benzene rings is 3. The van der Waals surface area contributed by atoms with Gasteiger partial charge in [0, 0.05) is 11.4 Å². The number of nitrogens with one attached hydrogen (secondary N) is 3. The first-order valence-electron chi connectivity index (χ1n) is 12.1. The molecule has 1 unspecified atom stereocenters. The SMILES string of the molecule is O=C(Nc1cc(Cl)ccc1OC1CCC1)C(=O)NC(Cc1ccccc1)C(=O)Nc1ccccc1C(=O)O. The third-order valence-electron chi connectivity index (χ3n) is 6.06. The summed E-state index contributed by atoms with van der Waals surface area (Å²) in [4.78, 5) is 50.5. The van der Waals surface area contributed by atoms with Gasteiger partial charge in [0.2, 0.25) is 5.91 Å². The number of rotatable bonds is 9. The van der Waals surface area contributed by atoms with Crippen LogP contribution in [0.25, 0.3) is 0 Å². The minimum atomic E-state index is -1.22. The van der Waals surface area contributed by atoms with Gasteiger partial charge in [0.05, 0.1) is 23.0 Å². The molecule has 3 amide bonds. The Morgan fingerprint density at radius 2 is 1.61 bits per heavy atom. The van der Waals surface area contributed by atoms with Crippen molar-refractivity contribution >= 4 is 46.7 Å². The van der Waals surface area contributed by atoms with Crippen LogP contribution in [-0.4, -0.2) is 40.9 Å². The first-order valence-corrected chi connectivity index (χ1v) is 12.4. The van der Waals surface area contributed by atoms with Crippen LogP contribution >= 0.6 is 11.6 Å². The molecule has 38 heavy (non-hydrogen) atoms. The Bertz CT molecular complexity index is 1340. The maximum absolute atomic E-state index is 13.2. The van der Waals surface area contributed by atoms with Crippen LogP contribution in [0.5, 0.6) is 5.75 Å². The summed E-state index contributed by atoms with van der Waals surface area (Å²) in [5.74, 6) is -3.57. The standard InChI is InChI=1S/C28H26ClN3O6/c29-18-13-14-24(38-19-9-6-10-19)22(16-18)31-26(34)27(35)32-23(15-17-7-2-1-3-8-17)25(33)30-21-12-5-4-11-20(21)28(36)37/h1-5,7-8,11-14,16,19,23H,6,9-10,15H2,(H,30,33)(H,31,34)(H,32,35)(H,36,37). The Kier molecular flexibility index (Phi) is 8.60. The number of carbonyl (C=O) groups is 4. The van der Waals surface area contributed by atoms with Crippen molar-refractivity contribution in [2.45, 2.75) is 37.8 Å². The number of carbonyl (C=O) groups excluding carboxylic acids is 3. The zero-order valence-electron chi connectivity index (χ0n) is 20.3. The molecule has 196 valence electrons. The number of para-hydroxylation sites is 1. The molecule has 3 aromatic carbocycles. The Morgan fingerprint density at radius 3 is 2.29 bits per heavy atom. The molecule has 0 aromatic heterocycles. The predicted octanol–water partition coefficient (Wildman–Crippen LogP) is 4.27. The summed E-state index contributed by atoms with van der Waals surface area (Å²) < 4.78 is 5.90. The maximum Gasteiger partial charge on any atom is 0.337 e. The van der Waals surface area contributed by atoms with Crippen molar-refractivity contribution in [3.05, 3.63) is 88.9 Å². The van der Waals surface area contributed by atoms with Gasteiger partial charge in [0.25, 0.3) is 0 Å². The van der Waals surface area contributed by atoms with E-state index in [4.69, 9.17) is 16.3 Å². The Balaban J connectivity index is 1.50. The predicted molar refractivity (Wildman–Crippen MR) is 142 cm³/mol. The van der Waals surface area contributed by atoms with Crippen LogP contribution < -0.4 is 20.7 Å². The molecule has 10 heteroatoms. The maximum atomic E-state index is 13.2. The highest BCUT2D eigenvalue weighted by Crippen LogP contribution is 2.32. The van der Waals surface area contributed by atoms with Crippen LogP contribution in [0.2, 0.25) is 5.02 Å². The number of amides is 3. The van der Waals surface area contributed by atoms with E-state index in [2.05, 4.69) is 16.0 Å². The van der Waals surface area contributed by atoms with Gasteiger partial charge < -0.3 is 25.8 Å². The molecule has 0 aliphatic heterocycles. The molecular weight excluding hydrogens is 510 g/mol. The average molecular weight is 536 g/mol. The Labute approximate surface area is 224 Å². The molecule has 0 spiro atoms. The van der Waals surface area contributed by atoms with E-state index in [9.17, 15) is 24.3 Å². The van der Waals surface area contributed by atoms with E-state index in [1.54, 1.807) is 42.5 Å². The second-order valence-electron chi connectivity index (χ2n) is 8.82. The van der Waals surface area contributed by atoms with E-state index in [1.165, 1.54) is 24.3 Å². The number of carboxylic acids is 1. The van der Waals surface area contributed by atoms with Crippen molar-refractivity contribution in [3.8, 4) is 5.75 Å². The summed E-state index contributed by atoms with van der Waals surface area (Å²) >= 11 is 6.09. The topological polar surface area (TPSA) is 134 Å². The lowest BCUT2D eigenvalue weighted by atomic mass is 9.96. The minimum absolute atomic E-state index is 0.0354. The van der Waals surface area contributed by atoms with Crippen molar-refractivity contribution < 1.29 is 29.0 Å². The van der Waals surface area contributed by atoms with Gasteiger partial charge in [0.15, 0.2) is 0 Å². The second kappa shape index (κ2) is 12.2. The summed E-state index contributed by atoms with van der Waals surface area (Å²) in [7, 11) is 0. The van der Waals surface area contributed by atoms with Crippen LogP contribution in [0.15, 0.2) is 72.8 Å². The van der Waals surface area contributed by atoms with Crippen LogP contribution in [0, 0.1) is 0 Å². The smallest absolute Gasteiger partial charge is 0.337 e. The summed E-state index contributed by atoms with van der Waals surface area (Å²) in [5.41, 5.74) is 0.928. The molecule has 4 rings (SSSR count). The van der Waals surface area contributed by atoms with Gasteiger partial charge in [-0.15, -0.1) is 0 Å². The zero-order chi connectivity index (χ0) is 27.1. The number of aromatic carboxylic acids is 1. The average Bonchev–Trinajstić information content (AvgIpc) is 2.87. The van der Waals surface area contributed by atoms with Gasteiger partial charge in [0.1, 0.15) is 11.8 Å². The van der Waals surface area contributed by atoms with E-state index in [1.807, 2.05) is 6.07 Å². The Morgan fingerprint density at radius 1 is 0.895 bits per heavy atom. The van der Waals surface area contributed by atoms with Crippen molar-refractivity contribution in [1.82, 2.24) is 5.32 Å². The van der Waals surface area contributed by atoms with Crippen molar-refractivity contribution in [3.63, 3.8) is 0 Å². The third kappa shape index (κ3) is 6.89. The molecule has 1 aliphatic rings. The minimum Gasteiger partial charge on any atom is -0.488 e. The van der Waals surface area contributed by atoms with Gasteiger partial charge in [-0.1, -0.05) is 54.1 Å². The first kappa shape index (κ1) is 26.7. The highest BCUT2D eigenvalue weighted by molar-refractivity contribution is 6.40. The highest BCUT2D eigenvalue weighted by Gasteiger charge is 2.27. The molecule has 1 atom stereocenters. The quantitative estimate of drug-likeness (QED) is 0.302. The van der Waals surface area contributed by atoms with E-state index in [0.29, 0.717) is 10.8 Å². The third-order valence-corrected chi connectivity index (χ3v) is 6.30. The number of hydrogen-bond donors (Lipinski definition) is 4. The Hall–Kier alpha value is -4.37. The highest BCUT2D eigenvalue weighted by atomic mass is 35.5. The van der Waals surface area contributed by atoms with E-state index in [0.717, 1.165) is 24.8 Å². The molecule has 1 fully saturated rings. The number of anilines is 2. The fourth-order valence-electron chi connectivity index (χ4n) is 3.83. The zero-order valence-corrected chi connectivity index (χ0v) is 21.0. The lowest BCUT2D eigenvalue weighted by Gasteiger charge is -2.27. The van der Waals surface area contributed by atoms with E-state index >= 15 is 0 Å². The second-order valence-corrected chi connectivity index (χ2v) is 9.26. The van der Waals surface area contributed by atoms with Crippen LogP contribution in [0.3, 0.4) is 0 Å². The van der Waals surface area contributed by atoms with Gasteiger partial charge in [-0.05, 0) is 55.2 Å². The van der Waals surface area contributed by atoms with Crippen LogP contribution in [0.4, 0.5) is 11.4 Å². The molecule has 1 saturated carbocycles. The van der Waals surface area contributed by atoms with Crippen molar-refractivity contribution in [2.24, 2.45) is 0 Å². The van der Waals surface area contributed by atoms with Gasteiger partial charge in [-0.2, -0.15) is 0 Å². The fourth-order valence-corrected chi connectivity index (χ4v) is 4.00. The van der Waals surface area contributed by atoms with E-state index < -0.39 is 29.7 Å². The van der Waals surface area contributed by atoms with Gasteiger partial charge >= 0.3 is 17.8 Å². The van der Waals surface area contributed by atoms with Crippen molar-refractivity contribution in [2.75, 3.05) is 10.6 Å². The van der Waals surface area contributed by atoms with Gasteiger partial charge in [-0.3, -0.25) is 14.4 Å². The molecule has 0 bridgehead atoms. The number of carboxylic acid groups (broad SMARTS) is 1.